The Morgan fingerprint density at radius 3 is 2.72 bits per heavy atom. The quantitative estimate of drug-likeness (QED) is 0.317. The minimum absolute atomic E-state index is 0.00742. The second-order valence-electron chi connectivity index (χ2n) is 7.04. The number of para-hydroxylation sites is 1. The molecule has 0 unspecified atom stereocenters. The van der Waals surface area contributed by atoms with Gasteiger partial charge in [-0.25, -0.2) is 4.79 Å². The molecule has 0 aliphatic heterocycles. The highest BCUT2D eigenvalue weighted by Gasteiger charge is 2.24. The molecule has 5 N–H and O–H groups in total. The maximum Gasteiger partial charge on any atom is 0.328 e. The fraction of sp³-hybridized carbons (Fsp3) is 0.476. The Morgan fingerprint density at radius 1 is 1.24 bits per heavy atom. The van der Waals surface area contributed by atoms with Crippen LogP contribution in [-0.4, -0.2) is 46.6 Å². The average molecular weight is 403 g/mol. The molecule has 1 aromatic heterocycles. The van der Waals surface area contributed by atoms with E-state index in [9.17, 15) is 14.4 Å². The summed E-state index contributed by atoms with van der Waals surface area (Å²) in [5, 5.41) is 12.5. The number of carboxylic acids is 1. The van der Waals surface area contributed by atoms with E-state index >= 15 is 0 Å². The van der Waals surface area contributed by atoms with Crippen LogP contribution in [0, 0.1) is 0 Å². The van der Waals surface area contributed by atoms with E-state index in [1.165, 1.54) is 0 Å². The predicted octanol–water partition coefficient (Wildman–Crippen LogP) is 2.12. The lowest BCUT2D eigenvalue weighted by molar-refractivity contribution is -0.148. The summed E-state index contributed by atoms with van der Waals surface area (Å²) in [7, 11) is 0. The van der Waals surface area contributed by atoms with Gasteiger partial charge in [-0.05, 0) is 24.5 Å². The predicted molar refractivity (Wildman–Crippen MR) is 109 cm³/mol. The van der Waals surface area contributed by atoms with Crippen molar-refractivity contribution in [2.24, 2.45) is 5.73 Å². The minimum Gasteiger partial charge on any atom is -0.480 e. The van der Waals surface area contributed by atoms with E-state index in [1.807, 2.05) is 30.5 Å². The molecule has 0 spiro atoms. The first-order chi connectivity index (χ1) is 13.9. The number of aromatic nitrogens is 1. The maximum absolute atomic E-state index is 12.6. The average Bonchev–Trinajstić information content (AvgIpc) is 3.11. The van der Waals surface area contributed by atoms with Gasteiger partial charge in [-0.15, -0.1) is 0 Å². The Kier molecular flexibility index (Phi) is 8.67. The van der Waals surface area contributed by atoms with Gasteiger partial charge < -0.3 is 25.9 Å². The molecule has 0 fully saturated rings. The largest absolute Gasteiger partial charge is 0.480 e. The molecule has 1 amide bonds. The monoisotopic (exact) mass is 403 g/mol. The smallest absolute Gasteiger partial charge is 0.328 e. The first kappa shape index (κ1) is 22.4. The molecular weight excluding hydrogens is 374 g/mol. The number of rotatable bonds is 12. The van der Waals surface area contributed by atoms with Crippen molar-refractivity contribution in [2.45, 2.75) is 57.5 Å². The van der Waals surface area contributed by atoms with Crippen molar-refractivity contribution in [2.75, 3.05) is 6.61 Å². The number of carbonyl (C=O) groups is 3. The number of H-pyrrole nitrogens is 1. The number of nitrogens with two attached hydrogens (primary N) is 1. The summed E-state index contributed by atoms with van der Waals surface area (Å²) in [4.78, 5) is 38.8. The number of carboxylic acid groups (broad SMARTS) is 1. The van der Waals surface area contributed by atoms with Crippen LogP contribution < -0.4 is 11.1 Å². The highest BCUT2D eigenvalue weighted by atomic mass is 16.5. The standard InChI is InChI=1S/C21H29N3O5/c1-2-3-6-11-29-21(28)18(24-19(25)10-9-16(22)20(26)27)12-14-13-23-17-8-5-4-7-15(14)17/h4-5,7-8,13,16,18,23H,2-3,6,9-12,22H2,1H3,(H,24,25)(H,26,27)/t16-,18-/m1/s1. The highest BCUT2D eigenvalue weighted by molar-refractivity contribution is 5.87. The molecule has 0 bridgehead atoms. The molecule has 1 heterocycles. The molecular formula is C21H29N3O5. The van der Waals surface area contributed by atoms with Crippen LogP contribution in [0.3, 0.4) is 0 Å². The molecule has 2 atom stereocenters. The van der Waals surface area contributed by atoms with Gasteiger partial charge in [0.2, 0.25) is 5.91 Å². The van der Waals surface area contributed by atoms with Gasteiger partial charge in [0.15, 0.2) is 0 Å². The fourth-order valence-corrected chi connectivity index (χ4v) is 3.02. The van der Waals surface area contributed by atoms with Gasteiger partial charge in [0.25, 0.3) is 0 Å². The van der Waals surface area contributed by atoms with Crippen LogP contribution >= 0.6 is 0 Å². The van der Waals surface area contributed by atoms with Crippen LogP contribution in [-0.2, 0) is 25.5 Å². The van der Waals surface area contributed by atoms with Crippen LogP contribution in [0.5, 0.6) is 0 Å². The summed E-state index contributed by atoms with van der Waals surface area (Å²) in [6.07, 6.45) is 4.73. The molecule has 0 aliphatic carbocycles. The first-order valence-corrected chi connectivity index (χ1v) is 9.91. The van der Waals surface area contributed by atoms with Crippen molar-refractivity contribution in [1.29, 1.82) is 0 Å². The number of fused-ring (bicyclic) bond motifs is 1. The third kappa shape index (κ3) is 6.90. The zero-order valence-corrected chi connectivity index (χ0v) is 16.6. The Balaban J connectivity index is 2.05. The Morgan fingerprint density at radius 2 is 2.00 bits per heavy atom. The number of aromatic amines is 1. The molecule has 0 aliphatic rings. The normalized spacial score (nSPS) is 13.0. The number of amides is 1. The topological polar surface area (TPSA) is 135 Å². The molecule has 1 aromatic carbocycles. The van der Waals surface area contributed by atoms with Gasteiger partial charge in [0.1, 0.15) is 12.1 Å². The van der Waals surface area contributed by atoms with Crippen molar-refractivity contribution in [3.8, 4) is 0 Å². The zero-order chi connectivity index (χ0) is 21.2. The van der Waals surface area contributed by atoms with Gasteiger partial charge in [-0.3, -0.25) is 9.59 Å². The van der Waals surface area contributed by atoms with Crippen LogP contribution in [0.1, 0.15) is 44.6 Å². The van der Waals surface area contributed by atoms with E-state index in [0.717, 1.165) is 35.7 Å². The number of unbranched alkanes of at least 4 members (excludes halogenated alkanes) is 2. The zero-order valence-electron chi connectivity index (χ0n) is 16.6. The van der Waals surface area contributed by atoms with Crippen LogP contribution in [0.15, 0.2) is 30.5 Å². The SMILES string of the molecule is CCCCCOC(=O)[C@@H](Cc1c[nH]c2ccccc12)NC(=O)CC[C@@H](N)C(=O)O. The lowest BCUT2D eigenvalue weighted by Crippen LogP contribution is -2.44. The van der Waals surface area contributed by atoms with Gasteiger partial charge >= 0.3 is 11.9 Å². The molecule has 0 saturated heterocycles. The molecule has 2 aromatic rings. The van der Waals surface area contributed by atoms with Crippen LogP contribution in [0.25, 0.3) is 10.9 Å². The van der Waals surface area contributed by atoms with Crippen molar-refractivity contribution in [3.05, 3.63) is 36.0 Å². The van der Waals surface area contributed by atoms with E-state index in [1.54, 1.807) is 0 Å². The van der Waals surface area contributed by atoms with Gasteiger partial charge in [0.05, 0.1) is 6.61 Å². The fourth-order valence-electron chi connectivity index (χ4n) is 3.02. The molecule has 2 rings (SSSR count). The van der Waals surface area contributed by atoms with Gasteiger partial charge in [-0.1, -0.05) is 38.0 Å². The first-order valence-electron chi connectivity index (χ1n) is 9.91. The molecule has 8 nitrogen and oxygen atoms in total. The van der Waals surface area contributed by atoms with E-state index in [4.69, 9.17) is 15.6 Å². The number of ether oxygens (including phenoxy) is 1. The van der Waals surface area contributed by atoms with Gasteiger partial charge in [-0.2, -0.15) is 0 Å². The number of esters is 1. The minimum atomic E-state index is -1.16. The number of aliphatic carboxylic acids is 1. The molecule has 29 heavy (non-hydrogen) atoms. The number of hydrogen-bond acceptors (Lipinski definition) is 5. The summed E-state index contributed by atoms with van der Waals surface area (Å²) in [6, 6.07) is 5.72. The summed E-state index contributed by atoms with van der Waals surface area (Å²) in [5.74, 6) is -2.09. The number of nitrogens with one attached hydrogen (secondary N) is 2. The Labute approximate surface area is 169 Å². The van der Waals surface area contributed by atoms with Crippen LogP contribution in [0.4, 0.5) is 0 Å². The Hall–Kier alpha value is -2.87. The third-order valence-corrected chi connectivity index (χ3v) is 4.71. The van der Waals surface area contributed by atoms with Crippen LogP contribution in [0.2, 0.25) is 0 Å². The Bertz CT molecular complexity index is 833. The summed E-state index contributed by atoms with van der Waals surface area (Å²) in [5.41, 5.74) is 7.27. The van der Waals surface area contributed by atoms with E-state index in [0.29, 0.717) is 6.61 Å². The molecule has 0 saturated carbocycles. The number of hydrogen-bond donors (Lipinski definition) is 4. The van der Waals surface area contributed by atoms with Crippen molar-refractivity contribution in [3.63, 3.8) is 0 Å². The van der Waals surface area contributed by atoms with Gasteiger partial charge in [0, 0.05) is 29.9 Å². The summed E-state index contributed by atoms with van der Waals surface area (Å²) >= 11 is 0. The van der Waals surface area contributed by atoms with Crippen molar-refractivity contribution < 1.29 is 24.2 Å². The third-order valence-electron chi connectivity index (χ3n) is 4.71. The lowest BCUT2D eigenvalue weighted by Gasteiger charge is -2.18. The molecule has 8 heteroatoms. The maximum atomic E-state index is 12.6. The molecule has 0 radical (unpaired) electrons. The van der Waals surface area contributed by atoms with E-state index in [2.05, 4.69) is 17.2 Å². The number of carbonyl (C=O) groups excluding carboxylic acids is 2. The summed E-state index contributed by atoms with van der Waals surface area (Å²) < 4.78 is 5.35. The second-order valence-corrected chi connectivity index (χ2v) is 7.04. The second kappa shape index (κ2) is 11.2. The number of benzene rings is 1. The van der Waals surface area contributed by atoms with E-state index in [-0.39, 0.29) is 19.3 Å². The van der Waals surface area contributed by atoms with Crippen molar-refractivity contribution in [1.82, 2.24) is 10.3 Å². The van der Waals surface area contributed by atoms with E-state index < -0.39 is 29.9 Å². The lowest BCUT2D eigenvalue weighted by atomic mass is 10.0. The molecule has 158 valence electrons. The summed E-state index contributed by atoms with van der Waals surface area (Å²) in [6.45, 7) is 2.36. The van der Waals surface area contributed by atoms with Crippen molar-refractivity contribution >= 4 is 28.7 Å². The highest BCUT2D eigenvalue weighted by Crippen LogP contribution is 2.19.